The highest BCUT2D eigenvalue weighted by Crippen LogP contribution is 2.22. The standard InChI is InChI=1S/C15H19F2NO3/c16-15(17)21-13-7-4-5-11(9-13)14(20)18-8-3-1-2-6-12(18)10-19/h4-5,7,9,12,15,19H,1-3,6,8,10H2. The summed E-state index contributed by atoms with van der Waals surface area (Å²) >= 11 is 0. The first-order valence-electron chi connectivity index (χ1n) is 7.08. The maximum atomic E-state index is 12.5. The van der Waals surface area contributed by atoms with E-state index in [4.69, 9.17) is 0 Å². The molecule has 1 amide bonds. The number of ether oxygens (including phenoxy) is 1. The lowest BCUT2D eigenvalue weighted by molar-refractivity contribution is -0.0499. The molecule has 1 aliphatic rings. The summed E-state index contributed by atoms with van der Waals surface area (Å²) in [7, 11) is 0. The second-order valence-corrected chi connectivity index (χ2v) is 5.09. The fourth-order valence-electron chi connectivity index (χ4n) is 2.61. The minimum Gasteiger partial charge on any atom is -0.435 e. The van der Waals surface area contributed by atoms with Crippen molar-refractivity contribution >= 4 is 5.91 Å². The molecule has 1 N–H and O–H groups in total. The number of hydrogen-bond donors (Lipinski definition) is 1. The average molecular weight is 299 g/mol. The van der Waals surface area contributed by atoms with E-state index in [2.05, 4.69) is 4.74 Å². The second-order valence-electron chi connectivity index (χ2n) is 5.09. The van der Waals surface area contributed by atoms with E-state index in [-0.39, 0.29) is 24.3 Å². The van der Waals surface area contributed by atoms with E-state index in [1.54, 1.807) is 11.0 Å². The molecule has 0 aliphatic carbocycles. The van der Waals surface area contributed by atoms with Gasteiger partial charge in [0.2, 0.25) is 0 Å². The molecule has 0 radical (unpaired) electrons. The van der Waals surface area contributed by atoms with Crippen LogP contribution in [0.25, 0.3) is 0 Å². The first kappa shape index (κ1) is 15.7. The van der Waals surface area contributed by atoms with Gasteiger partial charge in [-0.1, -0.05) is 18.9 Å². The van der Waals surface area contributed by atoms with E-state index in [9.17, 15) is 18.7 Å². The first-order valence-corrected chi connectivity index (χ1v) is 7.08. The summed E-state index contributed by atoms with van der Waals surface area (Å²) in [6.45, 7) is -2.43. The number of benzene rings is 1. The molecular weight excluding hydrogens is 280 g/mol. The van der Waals surface area contributed by atoms with Gasteiger partial charge in [0.15, 0.2) is 0 Å². The van der Waals surface area contributed by atoms with Gasteiger partial charge < -0.3 is 14.7 Å². The third-order valence-corrected chi connectivity index (χ3v) is 3.65. The van der Waals surface area contributed by atoms with Gasteiger partial charge in [-0.2, -0.15) is 8.78 Å². The molecule has 6 heteroatoms. The molecule has 1 aromatic rings. The highest BCUT2D eigenvalue weighted by molar-refractivity contribution is 5.94. The third-order valence-electron chi connectivity index (χ3n) is 3.65. The summed E-state index contributed by atoms with van der Waals surface area (Å²) in [5.74, 6) is -0.290. The van der Waals surface area contributed by atoms with Crippen LogP contribution in [0, 0.1) is 0 Å². The van der Waals surface area contributed by atoms with Gasteiger partial charge in [-0.15, -0.1) is 0 Å². The van der Waals surface area contributed by atoms with Crippen LogP contribution in [0.5, 0.6) is 5.75 Å². The Balaban J connectivity index is 2.17. The number of aliphatic hydroxyl groups excluding tert-OH is 1. The molecule has 116 valence electrons. The summed E-state index contributed by atoms with van der Waals surface area (Å²) in [5.41, 5.74) is 0.300. The fourth-order valence-corrected chi connectivity index (χ4v) is 2.61. The van der Waals surface area contributed by atoms with E-state index >= 15 is 0 Å². The molecule has 1 unspecified atom stereocenters. The van der Waals surface area contributed by atoms with E-state index in [0.29, 0.717) is 12.1 Å². The number of aliphatic hydroxyl groups is 1. The predicted molar refractivity (Wildman–Crippen MR) is 73.5 cm³/mol. The zero-order chi connectivity index (χ0) is 15.2. The Labute approximate surface area is 122 Å². The Morgan fingerprint density at radius 2 is 2.19 bits per heavy atom. The zero-order valence-corrected chi connectivity index (χ0v) is 11.7. The SMILES string of the molecule is O=C(c1cccc(OC(F)F)c1)N1CCCCCC1CO. The summed E-state index contributed by atoms with van der Waals surface area (Å²) in [6, 6.07) is 5.57. The number of rotatable bonds is 4. The summed E-state index contributed by atoms with van der Waals surface area (Å²) in [5, 5.41) is 9.44. The number of likely N-dealkylation sites (tertiary alicyclic amines) is 1. The highest BCUT2D eigenvalue weighted by atomic mass is 19.3. The summed E-state index contributed by atoms with van der Waals surface area (Å²) < 4.78 is 28.8. The normalized spacial score (nSPS) is 19.4. The molecule has 1 fully saturated rings. The van der Waals surface area contributed by atoms with Crippen molar-refractivity contribution < 1.29 is 23.4 Å². The smallest absolute Gasteiger partial charge is 0.387 e. The molecule has 4 nitrogen and oxygen atoms in total. The molecule has 0 aromatic heterocycles. The number of nitrogens with zero attached hydrogens (tertiary/aromatic N) is 1. The summed E-state index contributed by atoms with van der Waals surface area (Å²) in [6.07, 6.45) is 3.64. The van der Waals surface area contributed by atoms with E-state index < -0.39 is 6.61 Å². The molecule has 1 heterocycles. The van der Waals surface area contributed by atoms with Gasteiger partial charge in [-0.25, -0.2) is 0 Å². The molecule has 1 atom stereocenters. The van der Waals surface area contributed by atoms with Crippen molar-refractivity contribution in [1.82, 2.24) is 4.90 Å². The lowest BCUT2D eigenvalue weighted by Crippen LogP contribution is -2.42. The Morgan fingerprint density at radius 1 is 1.38 bits per heavy atom. The first-order chi connectivity index (χ1) is 10.1. The van der Waals surface area contributed by atoms with Crippen molar-refractivity contribution in [3.8, 4) is 5.75 Å². The van der Waals surface area contributed by atoms with Gasteiger partial charge >= 0.3 is 6.61 Å². The molecule has 1 aromatic carbocycles. The van der Waals surface area contributed by atoms with Gasteiger partial charge in [0.05, 0.1) is 12.6 Å². The van der Waals surface area contributed by atoms with Crippen molar-refractivity contribution in [3.05, 3.63) is 29.8 Å². The largest absolute Gasteiger partial charge is 0.435 e. The lowest BCUT2D eigenvalue weighted by atomic mass is 10.1. The van der Waals surface area contributed by atoms with Crippen LogP contribution in [0.15, 0.2) is 24.3 Å². The maximum absolute atomic E-state index is 12.5. The monoisotopic (exact) mass is 299 g/mol. The van der Waals surface area contributed by atoms with Crippen LogP contribution in [0.4, 0.5) is 8.78 Å². The quantitative estimate of drug-likeness (QED) is 0.930. The Hall–Kier alpha value is -1.69. The van der Waals surface area contributed by atoms with Crippen LogP contribution < -0.4 is 4.74 Å². The molecule has 2 rings (SSSR count). The number of carbonyl (C=O) groups is 1. The number of alkyl halides is 2. The molecule has 21 heavy (non-hydrogen) atoms. The van der Waals surface area contributed by atoms with Gasteiger partial charge in [0.25, 0.3) is 5.91 Å². The van der Waals surface area contributed by atoms with Crippen molar-refractivity contribution in [2.24, 2.45) is 0 Å². The number of hydrogen-bond acceptors (Lipinski definition) is 3. The zero-order valence-electron chi connectivity index (χ0n) is 11.7. The van der Waals surface area contributed by atoms with Crippen molar-refractivity contribution in [2.75, 3.05) is 13.2 Å². The van der Waals surface area contributed by atoms with Crippen molar-refractivity contribution in [1.29, 1.82) is 0 Å². The van der Waals surface area contributed by atoms with Crippen LogP contribution in [-0.2, 0) is 0 Å². The summed E-state index contributed by atoms with van der Waals surface area (Å²) in [4.78, 5) is 14.2. The average Bonchev–Trinajstić information content (AvgIpc) is 2.71. The number of amides is 1. The molecule has 0 saturated carbocycles. The van der Waals surface area contributed by atoms with Crippen LogP contribution in [-0.4, -0.2) is 41.7 Å². The van der Waals surface area contributed by atoms with Gasteiger partial charge in [-0.05, 0) is 31.0 Å². The lowest BCUT2D eigenvalue weighted by Gasteiger charge is -2.28. The van der Waals surface area contributed by atoms with Gasteiger partial charge in [-0.3, -0.25) is 4.79 Å². The highest BCUT2D eigenvalue weighted by Gasteiger charge is 2.26. The predicted octanol–water partition coefficient (Wildman–Crippen LogP) is 2.67. The van der Waals surface area contributed by atoms with Crippen LogP contribution in [0.3, 0.4) is 0 Å². The van der Waals surface area contributed by atoms with E-state index in [1.165, 1.54) is 18.2 Å². The molecule has 0 bridgehead atoms. The molecule has 1 aliphatic heterocycles. The fraction of sp³-hybridized carbons (Fsp3) is 0.533. The maximum Gasteiger partial charge on any atom is 0.387 e. The van der Waals surface area contributed by atoms with E-state index in [1.807, 2.05) is 0 Å². The van der Waals surface area contributed by atoms with Crippen molar-refractivity contribution in [3.63, 3.8) is 0 Å². The van der Waals surface area contributed by atoms with Crippen LogP contribution >= 0.6 is 0 Å². The third kappa shape index (κ3) is 4.14. The van der Waals surface area contributed by atoms with E-state index in [0.717, 1.165) is 25.7 Å². The van der Waals surface area contributed by atoms with Crippen LogP contribution in [0.2, 0.25) is 0 Å². The minimum absolute atomic E-state index is 0.0359. The number of halogens is 2. The second kappa shape index (κ2) is 7.36. The Morgan fingerprint density at radius 3 is 2.90 bits per heavy atom. The van der Waals surface area contributed by atoms with Gasteiger partial charge in [0, 0.05) is 12.1 Å². The van der Waals surface area contributed by atoms with Gasteiger partial charge in [0.1, 0.15) is 5.75 Å². The Bertz CT molecular complexity index is 482. The molecule has 1 saturated heterocycles. The van der Waals surface area contributed by atoms with Crippen LogP contribution in [0.1, 0.15) is 36.0 Å². The topological polar surface area (TPSA) is 49.8 Å². The minimum atomic E-state index is -2.92. The molecular formula is C15H19F2NO3. The Kier molecular flexibility index (Phi) is 5.50. The molecule has 0 spiro atoms. The van der Waals surface area contributed by atoms with Crippen molar-refractivity contribution in [2.45, 2.75) is 38.3 Å². The number of carbonyl (C=O) groups excluding carboxylic acids is 1.